The molecule has 150 valence electrons. The van der Waals surface area contributed by atoms with Crippen LogP contribution in [0.3, 0.4) is 0 Å². The van der Waals surface area contributed by atoms with Crippen LogP contribution in [0.1, 0.15) is 25.3 Å². The SMILES string of the molecule is CC1CCN(c2ccc(NC(=O)NCCc3cccc4cccnc34)cc2)CC1. The van der Waals surface area contributed by atoms with Gasteiger partial charge in [-0.05, 0) is 61.1 Å². The summed E-state index contributed by atoms with van der Waals surface area (Å²) < 4.78 is 0. The van der Waals surface area contributed by atoms with Crippen LogP contribution < -0.4 is 15.5 Å². The van der Waals surface area contributed by atoms with E-state index in [1.54, 1.807) is 6.20 Å². The van der Waals surface area contributed by atoms with Gasteiger partial charge in [0.15, 0.2) is 0 Å². The fourth-order valence-electron chi connectivity index (χ4n) is 3.88. The molecule has 2 amide bonds. The van der Waals surface area contributed by atoms with Crippen LogP contribution in [0.25, 0.3) is 10.9 Å². The smallest absolute Gasteiger partial charge is 0.319 e. The van der Waals surface area contributed by atoms with Crippen molar-refractivity contribution in [3.63, 3.8) is 0 Å². The lowest BCUT2D eigenvalue weighted by atomic mass is 9.99. The predicted octanol–water partition coefficient (Wildman–Crippen LogP) is 4.84. The molecule has 0 spiro atoms. The Kier molecular flexibility index (Phi) is 5.94. The Labute approximate surface area is 172 Å². The Balaban J connectivity index is 1.27. The molecule has 2 heterocycles. The average Bonchev–Trinajstić information content (AvgIpc) is 2.75. The molecule has 5 heteroatoms. The number of anilines is 2. The summed E-state index contributed by atoms with van der Waals surface area (Å²) in [5.74, 6) is 0.820. The summed E-state index contributed by atoms with van der Waals surface area (Å²) >= 11 is 0. The van der Waals surface area contributed by atoms with Crippen LogP contribution in [0.2, 0.25) is 0 Å². The molecule has 2 N–H and O–H groups in total. The molecule has 1 aliphatic heterocycles. The third kappa shape index (κ3) is 4.86. The maximum Gasteiger partial charge on any atom is 0.319 e. The van der Waals surface area contributed by atoms with E-state index in [1.165, 1.54) is 18.5 Å². The minimum Gasteiger partial charge on any atom is -0.372 e. The number of para-hydroxylation sites is 1. The molecule has 1 aliphatic rings. The Hall–Kier alpha value is -3.08. The highest BCUT2D eigenvalue weighted by atomic mass is 16.2. The first-order valence-electron chi connectivity index (χ1n) is 10.4. The van der Waals surface area contributed by atoms with Crippen molar-refractivity contribution in [3.8, 4) is 0 Å². The van der Waals surface area contributed by atoms with Crippen LogP contribution in [0, 0.1) is 5.92 Å². The highest BCUT2D eigenvalue weighted by Crippen LogP contribution is 2.24. The summed E-state index contributed by atoms with van der Waals surface area (Å²) in [6.07, 6.45) is 5.04. The zero-order chi connectivity index (χ0) is 20.1. The maximum atomic E-state index is 12.2. The van der Waals surface area contributed by atoms with Crippen molar-refractivity contribution in [3.05, 3.63) is 66.4 Å². The number of carbonyl (C=O) groups excluding carboxylic acids is 1. The maximum absolute atomic E-state index is 12.2. The highest BCUT2D eigenvalue weighted by molar-refractivity contribution is 5.89. The topological polar surface area (TPSA) is 57.3 Å². The zero-order valence-electron chi connectivity index (χ0n) is 16.9. The Morgan fingerprint density at radius 3 is 2.62 bits per heavy atom. The van der Waals surface area contributed by atoms with Crippen LogP contribution in [-0.2, 0) is 6.42 Å². The molecular formula is C24H28N4O. The molecule has 4 rings (SSSR count). The van der Waals surface area contributed by atoms with Gasteiger partial charge in [-0.3, -0.25) is 4.98 Å². The van der Waals surface area contributed by atoms with E-state index in [1.807, 2.05) is 24.3 Å². The molecule has 29 heavy (non-hydrogen) atoms. The van der Waals surface area contributed by atoms with Crippen molar-refractivity contribution in [2.45, 2.75) is 26.2 Å². The minimum absolute atomic E-state index is 0.183. The number of amides is 2. The van der Waals surface area contributed by atoms with Gasteiger partial charge in [0, 0.05) is 42.6 Å². The third-order valence-electron chi connectivity index (χ3n) is 5.67. The summed E-state index contributed by atoms with van der Waals surface area (Å²) in [6.45, 7) is 5.10. The van der Waals surface area contributed by atoms with E-state index < -0.39 is 0 Å². The molecule has 5 nitrogen and oxygen atoms in total. The first-order valence-corrected chi connectivity index (χ1v) is 10.4. The number of hydrogen-bond acceptors (Lipinski definition) is 3. The van der Waals surface area contributed by atoms with Gasteiger partial charge in [0.2, 0.25) is 0 Å². The molecule has 1 saturated heterocycles. The number of piperidine rings is 1. The number of carbonyl (C=O) groups is 1. The lowest BCUT2D eigenvalue weighted by Gasteiger charge is -2.32. The molecule has 0 unspecified atom stereocenters. The van der Waals surface area contributed by atoms with Crippen molar-refractivity contribution in [1.82, 2.24) is 10.3 Å². The van der Waals surface area contributed by atoms with Crippen LogP contribution in [-0.4, -0.2) is 30.6 Å². The summed E-state index contributed by atoms with van der Waals surface area (Å²) in [7, 11) is 0. The normalized spacial score (nSPS) is 14.7. The monoisotopic (exact) mass is 388 g/mol. The summed E-state index contributed by atoms with van der Waals surface area (Å²) in [5.41, 5.74) is 4.18. The van der Waals surface area contributed by atoms with Gasteiger partial charge in [0.05, 0.1) is 5.52 Å². The van der Waals surface area contributed by atoms with Gasteiger partial charge in [0.1, 0.15) is 0 Å². The highest BCUT2D eigenvalue weighted by Gasteiger charge is 2.15. The van der Waals surface area contributed by atoms with E-state index in [2.05, 4.69) is 57.8 Å². The number of rotatable bonds is 5. The number of nitrogens with zero attached hydrogens (tertiary/aromatic N) is 2. The second kappa shape index (κ2) is 8.95. The van der Waals surface area contributed by atoms with Gasteiger partial charge >= 0.3 is 6.03 Å². The van der Waals surface area contributed by atoms with Gasteiger partial charge in [0.25, 0.3) is 0 Å². The van der Waals surface area contributed by atoms with E-state index in [0.29, 0.717) is 6.54 Å². The second-order valence-electron chi connectivity index (χ2n) is 7.84. The largest absolute Gasteiger partial charge is 0.372 e. The number of nitrogens with one attached hydrogen (secondary N) is 2. The summed E-state index contributed by atoms with van der Waals surface area (Å²) in [5, 5.41) is 6.98. The van der Waals surface area contributed by atoms with Crippen molar-refractivity contribution in [2.24, 2.45) is 5.92 Å². The Morgan fingerprint density at radius 1 is 1.07 bits per heavy atom. The number of aromatic nitrogens is 1. The fourth-order valence-corrected chi connectivity index (χ4v) is 3.88. The predicted molar refractivity (Wildman–Crippen MR) is 120 cm³/mol. The van der Waals surface area contributed by atoms with E-state index >= 15 is 0 Å². The second-order valence-corrected chi connectivity index (χ2v) is 7.84. The summed E-state index contributed by atoms with van der Waals surface area (Å²) in [6, 6.07) is 18.1. The van der Waals surface area contributed by atoms with Crippen molar-refractivity contribution < 1.29 is 4.79 Å². The fraction of sp³-hybridized carbons (Fsp3) is 0.333. The molecule has 1 aromatic heterocycles. The van der Waals surface area contributed by atoms with Crippen LogP contribution >= 0.6 is 0 Å². The molecule has 0 atom stereocenters. The number of fused-ring (bicyclic) bond motifs is 1. The lowest BCUT2D eigenvalue weighted by Crippen LogP contribution is -2.32. The van der Waals surface area contributed by atoms with E-state index in [9.17, 15) is 4.79 Å². The number of urea groups is 1. The number of hydrogen-bond donors (Lipinski definition) is 2. The minimum atomic E-state index is -0.183. The lowest BCUT2D eigenvalue weighted by molar-refractivity contribution is 0.252. The standard InChI is InChI=1S/C24H28N4O/c1-18-12-16-28(17-13-18)22-9-7-21(8-10-22)27-24(29)26-15-11-20-5-2-4-19-6-3-14-25-23(19)20/h2-10,14,18H,11-13,15-17H2,1H3,(H2,26,27,29). The van der Waals surface area contributed by atoms with Crippen LogP contribution in [0.15, 0.2) is 60.8 Å². The van der Waals surface area contributed by atoms with Gasteiger partial charge in [-0.25, -0.2) is 4.79 Å². The third-order valence-corrected chi connectivity index (χ3v) is 5.67. The van der Waals surface area contributed by atoms with Crippen molar-refractivity contribution in [1.29, 1.82) is 0 Å². The molecule has 0 bridgehead atoms. The average molecular weight is 389 g/mol. The van der Waals surface area contributed by atoms with Crippen molar-refractivity contribution >= 4 is 28.3 Å². The van der Waals surface area contributed by atoms with Gasteiger partial charge < -0.3 is 15.5 Å². The van der Waals surface area contributed by atoms with Crippen LogP contribution in [0.5, 0.6) is 0 Å². The Bertz CT molecular complexity index is 957. The van der Waals surface area contributed by atoms with Crippen molar-refractivity contribution in [2.75, 3.05) is 29.9 Å². The van der Waals surface area contributed by atoms with Crippen LogP contribution in [0.4, 0.5) is 16.2 Å². The molecule has 0 radical (unpaired) electrons. The van der Waals surface area contributed by atoms with E-state index in [4.69, 9.17) is 0 Å². The van der Waals surface area contributed by atoms with E-state index in [0.717, 1.165) is 47.6 Å². The number of benzene rings is 2. The molecule has 3 aromatic rings. The van der Waals surface area contributed by atoms with Gasteiger partial charge in [-0.15, -0.1) is 0 Å². The summed E-state index contributed by atoms with van der Waals surface area (Å²) in [4.78, 5) is 19.1. The molecule has 1 fully saturated rings. The first kappa shape index (κ1) is 19.2. The number of pyridine rings is 1. The molecular weight excluding hydrogens is 360 g/mol. The molecule has 0 saturated carbocycles. The first-order chi connectivity index (χ1) is 14.2. The molecule has 0 aliphatic carbocycles. The Morgan fingerprint density at radius 2 is 1.83 bits per heavy atom. The molecule has 2 aromatic carbocycles. The van der Waals surface area contributed by atoms with E-state index in [-0.39, 0.29) is 6.03 Å². The van der Waals surface area contributed by atoms with Gasteiger partial charge in [-0.1, -0.05) is 31.2 Å². The quantitative estimate of drug-likeness (QED) is 0.658. The van der Waals surface area contributed by atoms with Gasteiger partial charge in [-0.2, -0.15) is 0 Å². The zero-order valence-corrected chi connectivity index (χ0v) is 16.9.